The first-order valence-corrected chi connectivity index (χ1v) is 13.0. The third-order valence-corrected chi connectivity index (χ3v) is 7.62. The minimum Gasteiger partial charge on any atom is -0.374 e. The molecule has 0 radical (unpaired) electrons. The zero-order chi connectivity index (χ0) is 25.4. The monoisotopic (exact) mass is 509 g/mol. The Bertz CT molecular complexity index is 1550. The number of anilines is 1. The van der Waals surface area contributed by atoms with Gasteiger partial charge in [-0.15, -0.1) is 0 Å². The molecule has 4 heterocycles. The highest BCUT2D eigenvalue weighted by Crippen LogP contribution is 2.44. The predicted molar refractivity (Wildman–Crippen MR) is 148 cm³/mol. The fraction of sp³-hybridized carbons (Fsp3) is 0.233. The number of aromatic nitrogens is 4. The fourth-order valence-electron chi connectivity index (χ4n) is 5.51. The van der Waals surface area contributed by atoms with Crippen molar-refractivity contribution < 1.29 is 5.11 Å². The van der Waals surface area contributed by atoms with E-state index in [4.69, 9.17) is 16.6 Å². The molecule has 1 unspecified atom stereocenters. The molecule has 2 aromatic carbocycles. The van der Waals surface area contributed by atoms with Gasteiger partial charge in [-0.25, -0.2) is 9.97 Å². The highest BCUT2D eigenvalue weighted by atomic mass is 35.5. The second-order valence-electron chi connectivity index (χ2n) is 9.61. The van der Waals surface area contributed by atoms with E-state index >= 15 is 0 Å². The molecule has 186 valence electrons. The van der Waals surface area contributed by atoms with Gasteiger partial charge in [-0.3, -0.25) is 4.98 Å². The number of halogens is 1. The van der Waals surface area contributed by atoms with Gasteiger partial charge in [0.1, 0.15) is 5.15 Å². The number of hydrogen-bond donors (Lipinski definition) is 1. The van der Waals surface area contributed by atoms with Crippen molar-refractivity contribution in [3.8, 4) is 11.1 Å². The van der Waals surface area contributed by atoms with Gasteiger partial charge in [0.15, 0.2) is 5.60 Å². The fourth-order valence-corrected chi connectivity index (χ4v) is 5.80. The van der Waals surface area contributed by atoms with E-state index in [1.54, 1.807) is 24.9 Å². The van der Waals surface area contributed by atoms with Gasteiger partial charge in [0.05, 0.1) is 29.4 Å². The van der Waals surface area contributed by atoms with E-state index in [0.717, 1.165) is 64.8 Å². The lowest BCUT2D eigenvalue weighted by molar-refractivity contribution is 0.117. The van der Waals surface area contributed by atoms with Crippen LogP contribution < -0.4 is 4.90 Å². The SMILES string of the molecule is Cn1cncc1C(O)(c1ccncc1)c1ccc2nc(Cl)c(-c3ccccc3)c(N3CCCCC3)c2c1. The number of hydrogen-bond acceptors (Lipinski definition) is 5. The summed E-state index contributed by atoms with van der Waals surface area (Å²) in [6.45, 7) is 1.91. The molecule has 0 aliphatic carbocycles. The first-order valence-electron chi connectivity index (χ1n) is 12.6. The maximum absolute atomic E-state index is 12.4. The Morgan fingerprint density at radius 3 is 2.35 bits per heavy atom. The van der Waals surface area contributed by atoms with E-state index in [0.29, 0.717) is 10.8 Å². The quantitative estimate of drug-likeness (QED) is 0.296. The highest BCUT2D eigenvalue weighted by molar-refractivity contribution is 6.34. The average molecular weight is 510 g/mol. The van der Waals surface area contributed by atoms with Crippen LogP contribution in [0.15, 0.2) is 85.6 Å². The standard InChI is InChI=1S/C30H28ClN5O/c1-35-20-33-19-26(35)30(37,22-12-14-32-15-13-22)23-10-11-25-24(18-23)28(36-16-6-3-7-17-36)27(29(31)34-25)21-8-4-2-5-9-21/h2,4-5,8-15,18-20,37H,3,6-7,16-17H2,1H3. The Hall–Kier alpha value is -3.74. The molecule has 7 heteroatoms. The van der Waals surface area contributed by atoms with Crippen LogP contribution in [0.1, 0.15) is 36.1 Å². The van der Waals surface area contributed by atoms with Crippen LogP contribution in [0, 0.1) is 0 Å². The molecular weight excluding hydrogens is 482 g/mol. The molecule has 0 amide bonds. The van der Waals surface area contributed by atoms with Crippen LogP contribution in [-0.2, 0) is 12.6 Å². The molecule has 1 saturated heterocycles. The van der Waals surface area contributed by atoms with Crippen molar-refractivity contribution in [2.75, 3.05) is 18.0 Å². The molecule has 1 fully saturated rings. The van der Waals surface area contributed by atoms with Crippen LogP contribution >= 0.6 is 11.6 Å². The molecule has 1 atom stereocenters. The van der Waals surface area contributed by atoms with Gasteiger partial charge >= 0.3 is 0 Å². The lowest BCUT2D eigenvalue weighted by Gasteiger charge is -2.33. The van der Waals surface area contributed by atoms with Crippen molar-refractivity contribution in [1.82, 2.24) is 19.5 Å². The molecule has 6 rings (SSSR count). The molecule has 5 aromatic rings. The normalized spacial score (nSPS) is 15.6. The zero-order valence-corrected chi connectivity index (χ0v) is 21.4. The molecule has 3 aromatic heterocycles. The largest absolute Gasteiger partial charge is 0.374 e. The van der Waals surface area contributed by atoms with E-state index < -0.39 is 5.60 Å². The van der Waals surface area contributed by atoms with Crippen LogP contribution in [0.25, 0.3) is 22.0 Å². The van der Waals surface area contributed by atoms with Crippen molar-refractivity contribution in [3.05, 3.63) is 108 Å². The molecule has 1 aliphatic heterocycles. The topological polar surface area (TPSA) is 67.1 Å². The van der Waals surface area contributed by atoms with E-state index in [-0.39, 0.29) is 0 Å². The van der Waals surface area contributed by atoms with Crippen LogP contribution in [0.2, 0.25) is 5.15 Å². The molecule has 1 aliphatic rings. The number of benzene rings is 2. The Labute approximate surface area is 221 Å². The molecule has 0 bridgehead atoms. The van der Waals surface area contributed by atoms with Gasteiger partial charge in [0, 0.05) is 43.5 Å². The van der Waals surface area contributed by atoms with E-state index in [9.17, 15) is 5.11 Å². The van der Waals surface area contributed by atoms with Crippen molar-refractivity contribution in [3.63, 3.8) is 0 Å². The Kier molecular flexibility index (Phi) is 6.14. The van der Waals surface area contributed by atoms with E-state index in [2.05, 4.69) is 33.1 Å². The molecule has 1 N–H and O–H groups in total. The van der Waals surface area contributed by atoms with Crippen LogP contribution in [0.3, 0.4) is 0 Å². The minimum atomic E-state index is -1.44. The molecule has 0 saturated carbocycles. The first-order chi connectivity index (χ1) is 18.1. The summed E-state index contributed by atoms with van der Waals surface area (Å²) in [4.78, 5) is 15.7. The summed E-state index contributed by atoms with van der Waals surface area (Å²) >= 11 is 6.88. The average Bonchev–Trinajstić information content (AvgIpc) is 3.39. The molecule has 6 nitrogen and oxygen atoms in total. The number of aryl methyl sites for hydroxylation is 1. The highest BCUT2D eigenvalue weighted by Gasteiger charge is 2.37. The van der Waals surface area contributed by atoms with Gasteiger partial charge in [-0.2, -0.15) is 0 Å². The van der Waals surface area contributed by atoms with Crippen LogP contribution in [-0.4, -0.2) is 37.7 Å². The summed E-state index contributed by atoms with van der Waals surface area (Å²) in [5.41, 5.74) is 4.52. The lowest BCUT2D eigenvalue weighted by atomic mass is 9.83. The summed E-state index contributed by atoms with van der Waals surface area (Å²) < 4.78 is 1.85. The zero-order valence-electron chi connectivity index (χ0n) is 20.7. The van der Waals surface area contributed by atoms with E-state index in [1.165, 1.54) is 6.42 Å². The van der Waals surface area contributed by atoms with Gasteiger partial charge < -0.3 is 14.6 Å². The van der Waals surface area contributed by atoms with Gasteiger partial charge in [-0.1, -0.05) is 48.0 Å². The number of imidazole rings is 1. The molecule has 37 heavy (non-hydrogen) atoms. The van der Waals surface area contributed by atoms with E-state index in [1.807, 2.05) is 54.1 Å². The summed E-state index contributed by atoms with van der Waals surface area (Å²) in [6.07, 6.45) is 10.3. The summed E-state index contributed by atoms with van der Waals surface area (Å²) in [5.74, 6) is 0. The summed E-state index contributed by atoms with van der Waals surface area (Å²) in [5, 5.41) is 13.9. The third kappa shape index (κ3) is 4.06. The maximum atomic E-state index is 12.4. The van der Waals surface area contributed by atoms with Crippen molar-refractivity contribution >= 4 is 28.2 Å². The first kappa shape index (κ1) is 23.6. The minimum absolute atomic E-state index is 0.489. The maximum Gasteiger partial charge on any atom is 0.157 e. The molecule has 0 spiro atoms. The Balaban J connectivity index is 1.65. The van der Waals surface area contributed by atoms with Gasteiger partial charge in [-0.05, 0) is 60.2 Å². The Morgan fingerprint density at radius 2 is 1.65 bits per heavy atom. The van der Waals surface area contributed by atoms with Crippen LogP contribution in [0.4, 0.5) is 5.69 Å². The van der Waals surface area contributed by atoms with Crippen molar-refractivity contribution in [2.24, 2.45) is 7.05 Å². The smallest absolute Gasteiger partial charge is 0.157 e. The van der Waals surface area contributed by atoms with Crippen molar-refractivity contribution in [1.29, 1.82) is 0 Å². The molecular formula is C30H28ClN5O. The number of piperidine rings is 1. The lowest BCUT2D eigenvalue weighted by Crippen LogP contribution is -2.32. The second kappa shape index (κ2) is 9.61. The predicted octanol–water partition coefficient (Wildman–Crippen LogP) is 5.96. The number of nitrogens with zero attached hydrogens (tertiary/aromatic N) is 5. The number of aliphatic hydroxyl groups is 1. The summed E-state index contributed by atoms with van der Waals surface area (Å²) in [7, 11) is 1.89. The van der Waals surface area contributed by atoms with Gasteiger partial charge in [0.2, 0.25) is 0 Å². The van der Waals surface area contributed by atoms with Gasteiger partial charge in [0.25, 0.3) is 0 Å². The number of fused-ring (bicyclic) bond motifs is 1. The third-order valence-electron chi connectivity index (χ3n) is 7.35. The van der Waals surface area contributed by atoms with Crippen molar-refractivity contribution in [2.45, 2.75) is 24.9 Å². The second-order valence-corrected chi connectivity index (χ2v) is 9.97. The van der Waals surface area contributed by atoms with Crippen LogP contribution in [0.5, 0.6) is 0 Å². The summed E-state index contributed by atoms with van der Waals surface area (Å²) in [6, 6.07) is 19.9. The Morgan fingerprint density at radius 1 is 0.892 bits per heavy atom. The number of rotatable bonds is 5. The number of pyridine rings is 2.